The number of aryl methyl sites for hydroxylation is 1. The first kappa shape index (κ1) is 10.4. The molecule has 1 aromatic heterocycles. The fourth-order valence-electron chi connectivity index (χ4n) is 1.84. The van der Waals surface area contributed by atoms with Crippen molar-refractivity contribution >= 4 is 17.7 Å². The molecule has 0 unspecified atom stereocenters. The van der Waals surface area contributed by atoms with Crippen molar-refractivity contribution < 1.29 is 14.4 Å². The maximum Gasteiger partial charge on any atom is 0.374 e. The van der Waals surface area contributed by atoms with Crippen molar-refractivity contribution in [2.45, 2.75) is 11.3 Å². The summed E-state index contributed by atoms with van der Waals surface area (Å²) in [5.74, 6) is -0.120. The third-order valence-corrected chi connectivity index (χ3v) is 3.81. The maximum atomic E-state index is 10.7. The number of nitrogens with zero attached hydrogens (tertiary/aromatic N) is 1. The zero-order valence-corrected chi connectivity index (χ0v) is 9.66. The van der Waals surface area contributed by atoms with Gasteiger partial charge in [-0.3, -0.25) is 0 Å². The average molecular weight is 247 g/mol. The van der Waals surface area contributed by atoms with Crippen LogP contribution in [0.2, 0.25) is 0 Å². The lowest BCUT2D eigenvalue weighted by atomic mass is 10.1. The minimum absolute atomic E-state index is 0.131. The van der Waals surface area contributed by atoms with Crippen LogP contribution in [0.15, 0.2) is 33.7 Å². The molecule has 1 aliphatic heterocycles. The van der Waals surface area contributed by atoms with Gasteiger partial charge >= 0.3 is 5.97 Å². The Kier molecular flexibility index (Phi) is 2.40. The van der Waals surface area contributed by atoms with Gasteiger partial charge in [-0.2, -0.15) is 0 Å². The van der Waals surface area contributed by atoms with E-state index in [1.165, 1.54) is 16.5 Å². The van der Waals surface area contributed by atoms with Crippen LogP contribution in [0, 0.1) is 0 Å². The van der Waals surface area contributed by atoms with Gasteiger partial charge in [0.15, 0.2) is 0 Å². The molecule has 0 aliphatic carbocycles. The third-order valence-electron chi connectivity index (χ3n) is 2.71. The number of aromatic carboxylic acids is 1. The predicted octanol–water partition coefficient (Wildman–Crippen LogP) is 2.69. The average Bonchev–Trinajstić information content (AvgIpc) is 2.97. The number of hydrogen-bond acceptors (Lipinski definition) is 4. The Morgan fingerprint density at radius 2 is 2.29 bits per heavy atom. The summed E-state index contributed by atoms with van der Waals surface area (Å²) in [5, 5.41) is 12.5. The fraction of sp³-hybridized carbons (Fsp3) is 0.167. The van der Waals surface area contributed by atoms with Crippen molar-refractivity contribution in [1.29, 1.82) is 0 Å². The normalized spacial score (nSPS) is 13.6. The molecule has 0 saturated carbocycles. The molecule has 17 heavy (non-hydrogen) atoms. The van der Waals surface area contributed by atoms with Gasteiger partial charge in [-0.15, -0.1) is 11.8 Å². The standard InChI is InChI=1S/C12H9NO3S/c14-12(15)10-6-9(13-16-10)8-2-1-7-3-4-17-11(7)5-8/h1-2,5-6H,3-4H2,(H,14,15). The Balaban J connectivity index is 2.00. The van der Waals surface area contributed by atoms with Gasteiger partial charge in [-0.1, -0.05) is 17.3 Å². The van der Waals surface area contributed by atoms with E-state index < -0.39 is 5.97 Å². The quantitative estimate of drug-likeness (QED) is 0.883. The van der Waals surface area contributed by atoms with Crippen LogP contribution >= 0.6 is 11.8 Å². The smallest absolute Gasteiger partial charge is 0.374 e. The molecule has 1 aromatic carbocycles. The van der Waals surface area contributed by atoms with E-state index in [4.69, 9.17) is 9.63 Å². The number of aromatic nitrogens is 1. The Morgan fingerprint density at radius 3 is 3.06 bits per heavy atom. The first-order chi connectivity index (χ1) is 8.24. The van der Waals surface area contributed by atoms with Crippen LogP contribution in [0.5, 0.6) is 0 Å². The first-order valence-electron chi connectivity index (χ1n) is 5.20. The van der Waals surface area contributed by atoms with Crippen LogP contribution in [-0.4, -0.2) is 22.0 Å². The van der Waals surface area contributed by atoms with E-state index in [-0.39, 0.29) is 5.76 Å². The third kappa shape index (κ3) is 1.82. The summed E-state index contributed by atoms with van der Waals surface area (Å²) in [7, 11) is 0. The molecule has 2 heterocycles. The van der Waals surface area contributed by atoms with Crippen LogP contribution in [0.3, 0.4) is 0 Å². The topological polar surface area (TPSA) is 63.3 Å². The molecular formula is C12H9NO3S. The van der Waals surface area contributed by atoms with E-state index in [0.717, 1.165) is 17.7 Å². The second-order valence-electron chi connectivity index (χ2n) is 3.80. The van der Waals surface area contributed by atoms with E-state index in [1.54, 1.807) is 0 Å². The lowest BCUT2D eigenvalue weighted by molar-refractivity contribution is 0.0652. The molecule has 1 N–H and O–H groups in total. The molecule has 0 saturated heterocycles. The number of benzene rings is 1. The number of thioether (sulfide) groups is 1. The second-order valence-corrected chi connectivity index (χ2v) is 4.94. The van der Waals surface area contributed by atoms with Gasteiger partial charge in [-0.25, -0.2) is 4.79 Å². The van der Waals surface area contributed by atoms with Gasteiger partial charge in [0.2, 0.25) is 5.76 Å². The van der Waals surface area contributed by atoms with Crippen molar-refractivity contribution in [3.05, 3.63) is 35.6 Å². The van der Waals surface area contributed by atoms with Crippen LogP contribution in [0.1, 0.15) is 16.1 Å². The van der Waals surface area contributed by atoms with Crippen molar-refractivity contribution in [2.24, 2.45) is 0 Å². The monoisotopic (exact) mass is 247 g/mol. The Bertz CT molecular complexity index is 591. The number of fused-ring (bicyclic) bond motifs is 1. The van der Waals surface area contributed by atoms with Gasteiger partial charge in [0.25, 0.3) is 0 Å². The van der Waals surface area contributed by atoms with Crippen molar-refractivity contribution in [3.63, 3.8) is 0 Å². The highest BCUT2D eigenvalue weighted by atomic mass is 32.2. The molecule has 1 aliphatic rings. The van der Waals surface area contributed by atoms with E-state index in [9.17, 15) is 4.79 Å². The molecule has 0 spiro atoms. The van der Waals surface area contributed by atoms with Gasteiger partial charge in [0.1, 0.15) is 5.69 Å². The first-order valence-corrected chi connectivity index (χ1v) is 6.19. The van der Waals surface area contributed by atoms with Crippen LogP contribution in [-0.2, 0) is 6.42 Å². The molecular weight excluding hydrogens is 238 g/mol. The summed E-state index contributed by atoms with van der Waals surface area (Å²) in [6.07, 6.45) is 1.10. The van der Waals surface area contributed by atoms with Crippen molar-refractivity contribution in [2.75, 3.05) is 5.75 Å². The minimum atomic E-state index is -1.10. The Hall–Kier alpha value is -1.75. The molecule has 0 fully saturated rings. The van der Waals surface area contributed by atoms with Crippen molar-refractivity contribution in [3.8, 4) is 11.3 Å². The number of carbonyl (C=O) groups is 1. The van der Waals surface area contributed by atoms with E-state index in [1.807, 2.05) is 23.9 Å². The Morgan fingerprint density at radius 1 is 1.41 bits per heavy atom. The molecule has 2 aromatic rings. The van der Waals surface area contributed by atoms with E-state index in [2.05, 4.69) is 11.2 Å². The number of hydrogen-bond donors (Lipinski definition) is 1. The fourth-order valence-corrected chi connectivity index (χ4v) is 2.95. The molecule has 3 rings (SSSR count). The molecule has 0 bridgehead atoms. The minimum Gasteiger partial charge on any atom is -0.475 e. The number of carboxylic acids is 1. The predicted molar refractivity (Wildman–Crippen MR) is 63.3 cm³/mol. The van der Waals surface area contributed by atoms with Gasteiger partial charge in [0, 0.05) is 22.3 Å². The Labute approximate surface area is 102 Å². The molecule has 5 heteroatoms. The lowest BCUT2D eigenvalue weighted by Gasteiger charge is -2.00. The summed E-state index contributed by atoms with van der Waals surface area (Å²) in [6.45, 7) is 0. The number of carboxylic acid groups (broad SMARTS) is 1. The molecule has 0 amide bonds. The highest BCUT2D eigenvalue weighted by molar-refractivity contribution is 7.99. The second kappa shape index (κ2) is 3.92. The van der Waals surface area contributed by atoms with E-state index >= 15 is 0 Å². The SMILES string of the molecule is O=C(O)c1cc(-c2ccc3c(c2)SCC3)no1. The zero-order chi connectivity index (χ0) is 11.8. The maximum absolute atomic E-state index is 10.7. The van der Waals surface area contributed by atoms with Crippen LogP contribution in [0.25, 0.3) is 11.3 Å². The van der Waals surface area contributed by atoms with E-state index in [0.29, 0.717) is 5.69 Å². The highest BCUT2D eigenvalue weighted by Gasteiger charge is 2.15. The summed E-state index contributed by atoms with van der Waals surface area (Å²) in [5.41, 5.74) is 2.81. The van der Waals surface area contributed by atoms with Crippen LogP contribution < -0.4 is 0 Å². The van der Waals surface area contributed by atoms with Crippen molar-refractivity contribution in [1.82, 2.24) is 5.16 Å². The largest absolute Gasteiger partial charge is 0.475 e. The molecule has 0 radical (unpaired) electrons. The molecule has 0 atom stereocenters. The van der Waals surface area contributed by atoms with Crippen LogP contribution in [0.4, 0.5) is 0 Å². The molecule has 4 nitrogen and oxygen atoms in total. The summed E-state index contributed by atoms with van der Waals surface area (Å²) >= 11 is 1.82. The van der Waals surface area contributed by atoms with Gasteiger partial charge in [-0.05, 0) is 18.1 Å². The highest BCUT2D eigenvalue weighted by Crippen LogP contribution is 2.34. The van der Waals surface area contributed by atoms with Gasteiger partial charge in [0.05, 0.1) is 0 Å². The van der Waals surface area contributed by atoms with Gasteiger partial charge < -0.3 is 9.63 Å². The molecule has 86 valence electrons. The lowest BCUT2D eigenvalue weighted by Crippen LogP contribution is -1.91. The summed E-state index contributed by atoms with van der Waals surface area (Å²) in [4.78, 5) is 11.9. The summed E-state index contributed by atoms with van der Waals surface area (Å²) < 4.78 is 4.74. The summed E-state index contributed by atoms with van der Waals surface area (Å²) in [6, 6.07) is 7.51. The number of rotatable bonds is 2. The zero-order valence-electron chi connectivity index (χ0n) is 8.84.